The van der Waals surface area contributed by atoms with E-state index in [1.54, 1.807) is 17.8 Å². The number of thioether (sulfide) groups is 1. The van der Waals surface area contributed by atoms with Gasteiger partial charge in [0.25, 0.3) is 0 Å². The van der Waals surface area contributed by atoms with Crippen LogP contribution in [0.2, 0.25) is 5.02 Å². The van der Waals surface area contributed by atoms with Crippen molar-refractivity contribution in [2.45, 2.75) is 36.5 Å². The van der Waals surface area contributed by atoms with Crippen LogP contribution in [0.5, 0.6) is 0 Å². The Morgan fingerprint density at radius 3 is 2.94 bits per heavy atom. The van der Waals surface area contributed by atoms with Gasteiger partial charge in [-0.15, -0.1) is 11.8 Å². The number of nitrogens with one attached hydrogen (secondary N) is 1. The van der Waals surface area contributed by atoms with Gasteiger partial charge in [-0.1, -0.05) is 25.4 Å². The van der Waals surface area contributed by atoms with E-state index in [1.807, 2.05) is 6.07 Å². The molecule has 2 atom stereocenters. The molecule has 0 aliphatic carbocycles. The van der Waals surface area contributed by atoms with Gasteiger partial charge in [0.05, 0.1) is 5.02 Å². The van der Waals surface area contributed by atoms with Crippen molar-refractivity contribution in [3.05, 3.63) is 22.7 Å². The topological polar surface area (TPSA) is 55.1 Å². The van der Waals surface area contributed by atoms with Gasteiger partial charge in [0.15, 0.2) is 0 Å². The highest BCUT2D eigenvalue weighted by molar-refractivity contribution is 8.00. The highest BCUT2D eigenvalue weighted by atomic mass is 35.5. The Morgan fingerprint density at radius 1 is 1.59 bits per heavy atom. The molecule has 0 spiro atoms. The maximum absolute atomic E-state index is 11.4. The van der Waals surface area contributed by atoms with Crippen molar-refractivity contribution in [2.75, 3.05) is 5.32 Å². The first kappa shape index (κ1) is 12.7. The molecule has 1 aromatic carbocycles. The summed E-state index contributed by atoms with van der Waals surface area (Å²) in [5.41, 5.74) is 7.33. The third-order valence-corrected chi connectivity index (χ3v) is 4.63. The molecule has 3 nitrogen and oxygen atoms in total. The monoisotopic (exact) mass is 270 g/mol. The predicted octanol–water partition coefficient (Wildman–Crippen LogP) is 3.18. The van der Waals surface area contributed by atoms with Crippen LogP contribution in [0.4, 0.5) is 5.69 Å². The summed E-state index contributed by atoms with van der Waals surface area (Å²) >= 11 is 7.92. The van der Waals surface area contributed by atoms with E-state index in [4.69, 9.17) is 17.3 Å². The first-order valence-electron chi connectivity index (χ1n) is 5.59. The van der Waals surface area contributed by atoms with E-state index in [0.717, 1.165) is 22.6 Å². The second kappa shape index (κ2) is 4.88. The Bertz CT molecular complexity index is 464. The maximum atomic E-state index is 11.4. The molecule has 2 rings (SSSR count). The molecule has 0 fully saturated rings. The number of hydrogen-bond acceptors (Lipinski definition) is 3. The molecule has 0 saturated heterocycles. The molecule has 0 aromatic heterocycles. The molecular weight excluding hydrogens is 256 g/mol. The Kier molecular flexibility index (Phi) is 3.66. The second-order valence-electron chi connectivity index (χ2n) is 4.17. The van der Waals surface area contributed by atoms with Crippen LogP contribution in [-0.2, 0) is 4.79 Å². The highest BCUT2D eigenvalue weighted by Gasteiger charge is 2.28. The lowest BCUT2D eigenvalue weighted by atomic mass is 10.1. The standard InChI is InChI=1S/C12H15ClN2OS/c1-3-6(2)17-10-5-9-7(4-8(10)13)11(14)12(16)15-9/h4-6,11H,3,14H2,1-2H3,(H,15,16). The summed E-state index contributed by atoms with van der Waals surface area (Å²) < 4.78 is 0. The summed E-state index contributed by atoms with van der Waals surface area (Å²) in [6.07, 6.45) is 1.07. The van der Waals surface area contributed by atoms with E-state index in [-0.39, 0.29) is 5.91 Å². The number of amides is 1. The minimum Gasteiger partial charge on any atom is -0.324 e. The fourth-order valence-electron chi connectivity index (χ4n) is 1.68. The number of nitrogens with two attached hydrogens (primary N) is 1. The Morgan fingerprint density at radius 2 is 2.29 bits per heavy atom. The van der Waals surface area contributed by atoms with Crippen molar-refractivity contribution in [1.82, 2.24) is 0 Å². The molecule has 0 bridgehead atoms. The zero-order valence-corrected chi connectivity index (χ0v) is 11.4. The van der Waals surface area contributed by atoms with Gasteiger partial charge < -0.3 is 11.1 Å². The molecule has 2 unspecified atom stereocenters. The lowest BCUT2D eigenvalue weighted by Crippen LogP contribution is -2.19. The number of benzene rings is 1. The van der Waals surface area contributed by atoms with Crippen LogP contribution in [0, 0.1) is 0 Å². The third-order valence-electron chi connectivity index (χ3n) is 2.88. The van der Waals surface area contributed by atoms with Crippen LogP contribution >= 0.6 is 23.4 Å². The van der Waals surface area contributed by atoms with Gasteiger partial charge in [-0.05, 0) is 18.6 Å². The van der Waals surface area contributed by atoms with Crippen LogP contribution in [0.3, 0.4) is 0 Å². The second-order valence-corrected chi connectivity index (χ2v) is 6.06. The average molecular weight is 271 g/mol. The Hall–Kier alpha value is -0.710. The molecule has 17 heavy (non-hydrogen) atoms. The Labute approximate surface area is 110 Å². The molecule has 3 N–H and O–H groups in total. The lowest BCUT2D eigenvalue weighted by molar-refractivity contribution is -0.116. The molecule has 5 heteroatoms. The summed E-state index contributed by atoms with van der Waals surface area (Å²) in [5.74, 6) is -0.165. The van der Waals surface area contributed by atoms with E-state index in [1.165, 1.54) is 0 Å². The molecule has 1 heterocycles. The number of anilines is 1. The van der Waals surface area contributed by atoms with E-state index in [9.17, 15) is 4.79 Å². The zero-order chi connectivity index (χ0) is 12.6. The van der Waals surface area contributed by atoms with Crippen molar-refractivity contribution >= 4 is 35.0 Å². The first-order valence-corrected chi connectivity index (χ1v) is 6.85. The fourth-order valence-corrected chi connectivity index (χ4v) is 2.94. The highest BCUT2D eigenvalue weighted by Crippen LogP contribution is 2.39. The van der Waals surface area contributed by atoms with Gasteiger partial charge in [-0.25, -0.2) is 0 Å². The van der Waals surface area contributed by atoms with E-state index in [0.29, 0.717) is 10.3 Å². The van der Waals surface area contributed by atoms with Gasteiger partial charge in [-0.2, -0.15) is 0 Å². The third kappa shape index (κ3) is 2.44. The van der Waals surface area contributed by atoms with Crippen molar-refractivity contribution < 1.29 is 4.79 Å². The summed E-state index contributed by atoms with van der Waals surface area (Å²) in [5, 5.41) is 3.93. The summed E-state index contributed by atoms with van der Waals surface area (Å²) in [7, 11) is 0. The van der Waals surface area contributed by atoms with E-state index < -0.39 is 6.04 Å². The molecule has 0 radical (unpaired) electrons. The van der Waals surface area contributed by atoms with Crippen molar-refractivity contribution in [3.63, 3.8) is 0 Å². The number of halogens is 1. The minimum absolute atomic E-state index is 0.165. The molecule has 1 aliphatic heterocycles. The van der Waals surface area contributed by atoms with Crippen molar-refractivity contribution in [3.8, 4) is 0 Å². The minimum atomic E-state index is -0.592. The number of hydrogen-bond donors (Lipinski definition) is 2. The number of fused-ring (bicyclic) bond motifs is 1. The first-order chi connectivity index (χ1) is 8.02. The summed E-state index contributed by atoms with van der Waals surface area (Å²) in [6, 6.07) is 3.12. The van der Waals surface area contributed by atoms with Gasteiger partial charge in [-0.3, -0.25) is 4.79 Å². The number of carbonyl (C=O) groups is 1. The summed E-state index contributed by atoms with van der Waals surface area (Å²) in [4.78, 5) is 12.4. The predicted molar refractivity (Wildman–Crippen MR) is 72.6 cm³/mol. The van der Waals surface area contributed by atoms with Gasteiger partial charge >= 0.3 is 0 Å². The lowest BCUT2D eigenvalue weighted by Gasteiger charge is -2.11. The van der Waals surface area contributed by atoms with Crippen molar-refractivity contribution in [2.24, 2.45) is 5.73 Å². The number of carbonyl (C=O) groups excluding carboxylic acids is 1. The van der Waals surface area contributed by atoms with E-state index in [2.05, 4.69) is 19.2 Å². The van der Waals surface area contributed by atoms with Crippen molar-refractivity contribution in [1.29, 1.82) is 0 Å². The molecule has 0 saturated carbocycles. The molecule has 92 valence electrons. The largest absolute Gasteiger partial charge is 0.324 e. The Balaban J connectivity index is 2.33. The quantitative estimate of drug-likeness (QED) is 0.830. The SMILES string of the molecule is CCC(C)Sc1cc2c(cc1Cl)C(N)C(=O)N2. The normalized spacial score (nSPS) is 20.0. The van der Waals surface area contributed by atoms with Crippen LogP contribution in [0.25, 0.3) is 0 Å². The van der Waals surface area contributed by atoms with Crippen LogP contribution in [0.1, 0.15) is 31.9 Å². The van der Waals surface area contributed by atoms with Gasteiger partial charge in [0.2, 0.25) is 5.91 Å². The molecule has 1 aliphatic rings. The van der Waals surface area contributed by atoms with E-state index >= 15 is 0 Å². The van der Waals surface area contributed by atoms with Crippen LogP contribution in [-0.4, -0.2) is 11.2 Å². The molecule has 1 amide bonds. The fraction of sp³-hybridized carbons (Fsp3) is 0.417. The molecular formula is C12H15ClN2OS. The van der Waals surface area contributed by atoms with Crippen LogP contribution in [0.15, 0.2) is 17.0 Å². The van der Waals surface area contributed by atoms with Gasteiger partial charge in [0.1, 0.15) is 6.04 Å². The zero-order valence-electron chi connectivity index (χ0n) is 9.79. The number of rotatable bonds is 3. The maximum Gasteiger partial charge on any atom is 0.245 e. The average Bonchev–Trinajstić information content (AvgIpc) is 2.56. The van der Waals surface area contributed by atoms with Gasteiger partial charge in [0, 0.05) is 21.4 Å². The molecule has 1 aromatic rings. The van der Waals surface area contributed by atoms with Crippen LogP contribution < -0.4 is 11.1 Å². The smallest absolute Gasteiger partial charge is 0.245 e. The summed E-state index contributed by atoms with van der Waals surface area (Å²) in [6.45, 7) is 4.29.